The fraction of sp³-hybridized carbons (Fsp3) is 0.364. The van der Waals surface area contributed by atoms with Gasteiger partial charge < -0.3 is 10.1 Å². The molecule has 0 heterocycles. The van der Waals surface area contributed by atoms with E-state index in [1.165, 1.54) is 7.11 Å². The van der Waals surface area contributed by atoms with Crippen molar-refractivity contribution >= 4 is 5.69 Å². The molecule has 0 aromatic heterocycles. The molecule has 0 unspecified atom stereocenters. The molecule has 15 heavy (non-hydrogen) atoms. The minimum atomic E-state index is -0.371. The number of anilines is 1. The third-order valence-electron chi connectivity index (χ3n) is 1.98. The molecule has 1 N–H and O–H groups in total. The van der Waals surface area contributed by atoms with Crippen molar-refractivity contribution in [2.75, 3.05) is 25.6 Å². The lowest BCUT2D eigenvalue weighted by molar-refractivity contribution is 0.416. The number of hydrogen-bond donors (Lipinski definition) is 1. The van der Waals surface area contributed by atoms with Gasteiger partial charge in [0.25, 0.3) is 0 Å². The summed E-state index contributed by atoms with van der Waals surface area (Å²) in [7, 11) is 1.54. The van der Waals surface area contributed by atoms with Crippen molar-refractivity contribution in [3.05, 3.63) is 23.8 Å². The number of nitrogens with zero attached hydrogens (tertiary/aromatic N) is 1. The summed E-state index contributed by atoms with van der Waals surface area (Å²) in [6.45, 7) is 0.121. The molecule has 1 aromatic carbocycles. The van der Waals surface area contributed by atoms with E-state index in [9.17, 15) is 4.39 Å². The van der Waals surface area contributed by atoms with Gasteiger partial charge in [-0.25, -0.2) is 0 Å². The van der Waals surface area contributed by atoms with E-state index in [0.29, 0.717) is 30.0 Å². The molecule has 3 nitrogen and oxygen atoms in total. The fourth-order valence-corrected chi connectivity index (χ4v) is 1.26. The molecule has 0 amide bonds. The summed E-state index contributed by atoms with van der Waals surface area (Å²) >= 11 is 0. The van der Waals surface area contributed by atoms with Gasteiger partial charge >= 0.3 is 0 Å². The second-order valence-electron chi connectivity index (χ2n) is 2.96. The van der Waals surface area contributed by atoms with Crippen molar-refractivity contribution < 1.29 is 9.13 Å². The predicted octanol–water partition coefficient (Wildman–Crippen LogP) is 2.34. The van der Waals surface area contributed by atoms with Crippen molar-refractivity contribution in [3.8, 4) is 11.8 Å². The normalized spacial score (nSPS) is 9.40. The average molecular weight is 208 g/mol. The summed E-state index contributed by atoms with van der Waals surface area (Å²) < 4.78 is 17.0. The Bertz CT molecular complexity index is 360. The molecule has 4 heteroatoms. The molecule has 0 atom stereocenters. The zero-order valence-corrected chi connectivity index (χ0v) is 8.59. The van der Waals surface area contributed by atoms with Crippen molar-refractivity contribution in [3.63, 3.8) is 0 Å². The molecule has 0 aliphatic rings. The number of methoxy groups -OCH3 is 1. The molecule has 0 aliphatic carbocycles. The average Bonchev–Trinajstić information content (AvgIpc) is 2.29. The Kier molecular flexibility index (Phi) is 4.42. The highest BCUT2D eigenvalue weighted by Crippen LogP contribution is 2.27. The van der Waals surface area contributed by atoms with E-state index in [2.05, 4.69) is 11.4 Å². The van der Waals surface area contributed by atoms with E-state index in [-0.39, 0.29) is 6.67 Å². The number of alkyl halides is 1. The van der Waals surface area contributed by atoms with Gasteiger partial charge in [-0.2, -0.15) is 5.26 Å². The van der Waals surface area contributed by atoms with Crippen LogP contribution in [0.4, 0.5) is 10.1 Å². The van der Waals surface area contributed by atoms with Gasteiger partial charge in [-0.1, -0.05) is 6.07 Å². The molecule has 0 saturated carbocycles. The Morgan fingerprint density at radius 2 is 2.33 bits per heavy atom. The smallest absolute Gasteiger partial charge is 0.143 e. The number of rotatable bonds is 5. The summed E-state index contributed by atoms with van der Waals surface area (Å²) in [4.78, 5) is 0. The monoisotopic (exact) mass is 208 g/mol. The zero-order chi connectivity index (χ0) is 11.1. The Morgan fingerprint density at radius 3 is 2.93 bits per heavy atom. The third-order valence-corrected chi connectivity index (χ3v) is 1.98. The van der Waals surface area contributed by atoms with E-state index in [1.54, 1.807) is 18.2 Å². The quantitative estimate of drug-likeness (QED) is 0.755. The molecule has 0 bridgehead atoms. The summed E-state index contributed by atoms with van der Waals surface area (Å²) in [6.07, 6.45) is 0.420. The Labute approximate surface area is 88.5 Å². The first-order valence-electron chi connectivity index (χ1n) is 4.70. The number of nitriles is 1. The lowest BCUT2D eigenvalue weighted by Crippen LogP contribution is -2.05. The van der Waals surface area contributed by atoms with Crippen molar-refractivity contribution in [1.29, 1.82) is 5.26 Å². The maximum Gasteiger partial charge on any atom is 0.143 e. The Balaban J connectivity index is 2.86. The lowest BCUT2D eigenvalue weighted by atomic mass is 10.1. The molecule has 0 fully saturated rings. The highest BCUT2D eigenvalue weighted by Gasteiger charge is 2.07. The van der Waals surface area contributed by atoms with Crippen LogP contribution in [-0.2, 0) is 0 Å². The molecule has 0 aliphatic heterocycles. The largest absolute Gasteiger partial charge is 0.495 e. The number of nitrogens with one attached hydrogen (secondary N) is 1. The first-order chi connectivity index (χ1) is 7.33. The SMILES string of the molecule is COc1cccc(C#N)c1NCCCF. The number of para-hydroxylation sites is 1. The topological polar surface area (TPSA) is 45.0 Å². The minimum Gasteiger partial charge on any atom is -0.495 e. The molecule has 80 valence electrons. The molecule has 0 saturated heterocycles. The minimum absolute atomic E-state index is 0.371. The number of halogens is 1. The van der Waals surface area contributed by atoms with Crippen LogP contribution in [0.3, 0.4) is 0 Å². The van der Waals surface area contributed by atoms with Crippen LogP contribution in [0.25, 0.3) is 0 Å². The van der Waals surface area contributed by atoms with Crippen LogP contribution in [0.15, 0.2) is 18.2 Å². The van der Waals surface area contributed by atoms with Crippen LogP contribution in [-0.4, -0.2) is 20.3 Å². The molecule has 1 rings (SSSR count). The van der Waals surface area contributed by atoms with Crippen LogP contribution in [0.1, 0.15) is 12.0 Å². The van der Waals surface area contributed by atoms with E-state index in [4.69, 9.17) is 10.00 Å². The zero-order valence-electron chi connectivity index (χ0n) is 8.59. The maximum atomic E-state index is 11.9. The Morgan fingerprint density at radius 1 is 1.53 bits per heavy atom. The molecule has 0 spiro atoms. The Hall–Kier alpha value is -1.76. The van der Waals surface area contributed by atoms with Crippen molar-refractivity contribution in [1.82, 2.24) is 0 Å². The second kappa shape index (κ2) is 5.86. The van der Waals surface area contributed by atoms with Crippen LogP contribution in [0.5, 0.6) is 5.75 Å². The third kappa shape index (κ3) is 2.84. The molecular formula is C11H13FN2O. The highest BCUT2D eigenvalue weighted by molar-refractivity contribution is 5.66. The fourth-order valence-electron chi connectivity index (χ4n) is 1.26. The first kappa shape index (κ1) is 11.3. The predicted molar refractivity (Wildman–Crippen MR) is 56.8 cm³/mol. The highest BCUT2D eigenvalue weighted by atomic mass is 19.1. The van der Waals surface area contributed by atoms with Crippen molar-refractivity contribution in [2.24, 2.45) is 0 Å². The molecule has 0 radical (unpaired) electrons. The van der Waals surface area contributed by atoms with Gasteiger partial charge in [-0.3, -0.25) is 4.39 Å². The summed E-state index contributed by atoms with van der Waals surface area (Å²) in [5.41, 5.74) is 1.14. The maximum absolute atomic E-state index is 11.9. The van der Waals surface area contributed by atoms with Gasteiger partial charge in [0.05, 0.1) is 25.0 Å². The number of hydrogen-bond acceptors (Lipinski definition) is 3. The number of benzene rings is 1. The standard InChI is InChI=1S/C11H13FN2O/c1-15-10-5-2-4-9(8-13)11(10)14-7-3-6-12/h2,4-5,14H,3,6-7H2,1H3. The van der Waals surface area contributed by atoms with Crippen LogP contribution in [0.2, 0.25) is 0 Å². The first-order valence-corrected chi connectivity index (χ1v) is 4.70. The van der Waals surface area contributed by atoms with E-state index in [0.717, 1.165) is 0 Å². The summed E-state index contributed by atoms with van der Waals surface area (Å²) in [6, 6.07) is 7.27. The van der Waals surface area contributed by atoms with E-state index >= 15 is 0 Å². The lowest BCUT2D eigenvalue weighted by Gasteiger charge is -2.11. The van der Waals surface area contributed by atoms with Gasteiger partial charge in [0, 0.05) is 6.54 Å². The summed E-state index contributed by atoms with van der Waals surface area (Å²) in [5, 5.41) is 11.9. The van der Waals surface area contributed by atoms with Gasteiger partial charge in [0.1, 0.15) is 11.8 Å². The molecule has 1 aromatic rings. The van der Waals surface area contributed by atoms with Crippen LogP contribution >= 0.6 is 0 Å². The van der Waals surface area contributed by atoms with Crippen LogP contribution < -0.4 is 10.1 Å². The van der Waals surface area contributed by atoms with Crippen LogP contribution in [0, 0.1) is 11.3 Å². The van der Waals surface area contributed by atoms with Gasteiger partial charge in [-0.15, -0.1) is 0 Å². The van der Waals surface area contributed by atoms with Gasteiger partial charge in [0.2, 0.25) is 0 Å². The van der Waals surface area contributed by atoms with E-state index in [1.807, 2.05) is 0 Å². The number of ether oxygens (including phenoxy) is 1. The van der Waals surface area contributed by atoms with Gasteiger partial charge in [0.15, 0.2) is 0 Å². The van der Waals surface area contributed by atoms with Crippen molar-refractivity contribution in [2.45, 2.75) is 6.42 Å². The van der Waals surface area contributed by atoms with E-state index < -0.39 is 0 Å². The van der Waals surface area contributed by atoms with Gasteiger partial charge in [-0.05, 0) is 18.6 Å². The second-order valence-corrected chi connectivity index (χ2v) is 2.96. The molecular weight excluding hydrogens is 195 g/mol. The summed E-state index contributed by atoms with van der Waals surface area (Å²) in [5.74, 6) is 0.605.